The Kier molecular flexibility index (Phi) is 4.60. The number of ether oxygens (including phenoxy) is 1. The van der Waals surface area contributed by atoms with Gasteiger partial charge in [0.2, 0.25) is 0 Å². The highest BCUT2D eigenvalue weighted by molar-refractivity contribution is 7.99. The first-order valence-electron chi connectivity index (χ1n) is 6.13. The van der Waals surface area contributed by atoms with Crippen LogP contribution in [0.15, 0.2) is 16.0 Å². The number of methoxy groups -OCH3 is 1. The SMILES string of the molecule is COC(=O)C(CSc1nc(C)cc(=O)[nH]1)NC1CC1. The second-order valence-electron chi connectivity index (χ2n) is 4.52. The minimum atomic E-state index is -0.367. The van der Waals surface area contributed by atoms with Crippen molar-refractivity contribution in [1.29, 1.82) is 0 Å². The second kappa shape index (κ2) is 6.21. The molecule has 1 saturated carbocycles. The highest BCUT2D eigenvalue weighted by Crippen LogP contribution is 2.21. The van der Waals surface area contributed by atoms with Crippen LogP contribution >= 0.6 is 11.8 Å². The molecule has 0 amide bonds. The van der Waals surface area contributed by atoms with Gasteiger partial charge >= 0.3 is 5.97 Å². The third-order valence-electron chi connectivity index (χ3n) is 2.73. The molecule has 1 fully saturated rings. The van der Waals surface area contributed by atoms with E-state index < -0.39 is 0 Å². The van der Waals surface area contributed by atoms with Crippen LogP contribution in [-0.2, 0) is 9.53 Å². The van der Waals surface area contributed by atoms with E-state index in [0.29, 0.717) is 22.6 Å². The Morgan fingerprint density at radius 3 is 3.00 bits per heavy atom. The lowest BCUT2D eigenvalue weighted by Gasteiger charge is -2.15. The summed E-state index contributed by atoms with van der Waals surface area (Å²) in [5.74, 6) is 0.199. The van der Waals surface area contributed by atoms with Crippen LogP contribution in [0.1, 0.15) is 18.5 Å². The molecular formula is C12H17N3O3S. The highest BCUT2D eigenvalue weighted by atomic mass is 32.2. The maximum Gasteiger partial charge on any atom is 0.323 e. The van der Waals surface area contributed by atoms with Crippen LogP contribution in [0.25, 0.3) is 0 Å². The van der Waals surface area contributed by atoms with Gasteiger partial charge in [0.15, 0.2) is 5.16 Å². The minimum Gasteiger partial charge on any atom is -0.468 e. The fourth-order valence-electron chi connectivity index (χ4n) is 1.64. The maximum atomic E-state index is 11.6. The van der Waals surface area contributed by atoms with E-state index in [1.807, 2.05) is 0 Å². The van der Waals surface area contributed by atoms with Crippen molar-refractivity contribution in [2.75, 3.05) is 12.9 Å². The summed E-state index contributed by atoms with van der Waals surface area (Å²) in [7, 11) is 1.38. The molecule has 2 N–H and O–H groups in total. The predicted molar refractivity (Wildman–Crippen MR) is 72.3 cm³/mol. The fourth-order valence-corrected chi connectivity index (χ4v) is 2.58. The van der Waals surface area contributed by atoms with E-state index in [2.05, 4.69) is 15.3 Å². The van der Waals surface area contributed by atoms with Crippen LogP contribution in [-0.4, -0.2) is 40.9 Å². The molecule has 1 aliphatic carbocycles. The molecule has 7 heteroatoms. The summed E-state index contributed by atoms with van der Waals surface area (Å²) in [5, 5.41) is 3.75. The molecule has 1 aliphatic rings. The van der Waals surface area contributed by atoms with E-state index in [1.165, 1.54) is 24.9 Å². The van der Waals surface area contributed by atoms with E-state index in [9.17, 15) is 9.59 Å². The molecule has 0 aliphatic heterocycles. The Labute approximate surface area is 115 Å². The lowest BCUT2D eigenvalue weighted by Crippen LogP contribution is -2.41. The lowest BCUT2D eigenvalue weighted by atomic mass is 10.3. The summed E-state index contributed by atoms with van der Waals surface area (Å²) in [6, 6.07) is 1.48. The number of hydrogen-bond donors (Lipinski definition) is 2. The molecule has 1 heterocycles. The molecule has 1 atom stereocenters. The van der Waals surface area contributed by atoms with Crippen LogP contribution in [0.2, 0.25) is 0 Å². The van der Waals surface area contributed by atoms with Gasteiger partial charge in [-0.25, -0.2) is 4.98 Å². The summed E-state index contributed by atoms with van der Waals surface area (Å²) in [6.07, 6.45) is 2.19. The molecule has 0 spiro atoms. The third-order valence-corrected chi connectivity index (χ3v) is 3.70. The Balaban J connectivity index is 1.96. The van der Waals surface area contributed by atoms with Crippen molar-refractivity contribution in [3.63, 3.8) is 0 Å². The van der Waals surface area contributed by atoms with Gasteiger partial charge in [-0.15, -0.1) is 0 Å². The molecule has 1 aromatic rings. The standard InChI is InChI=1S/C12H17N3O3S/c1-7-5-10(16)15-12(13-7)19-6-9(11(17)18-2)14-8-3-4-8/h5,8-9,14H,3-4,6H2,1-2H3,(H,13,15,16). The van der Waals surface area contributed by atoms with Crippen molar-refractivity contribution >= 4 is 17.7 Å². The van der Waals surface area contributed by atoms with Crippen molar-refractivity contribution in [2.24, 2.45) is 0 Å². The molecule has 0 aromatic carbocycles. The first-order valence-corrected chi connectivity index (χ1v) is 7.11. The first kappa shape index (κ1) is 14.1. The molecule has 1 unspecified atom stereocenters. The van der Waals surface area contributed by atoms with Gasteiger partial charge < -0.3 is 15.0 Å². The minimum absolute atomic E-state index is 0.181. The number of aromatic nitrogens is 2. The predicted octanol–water partition coefficient (Wildman–Crippen LogP) is 0.464. The molecule has 6 nitrogen and oxygen atoms in total. The number of rotatable bonds is 6. The monoisotopic (exact) mass is 283 g/mol. The zero-order chi connectivity index (χ0) is 13.8. The van der Waals surface area contributed by atoms with E-state index in [4.69, 9.17) is 4.74 Å². The number of carbonyl (C=O) groups is 1. The van der Waals surface area contributed by atoms with Gasteiger partial charge in [0.25, 0.3) is 5.56 Å². The Morgan fingerprint density at radius 1 is 1.68 bits per heavy atom. The molecule has 104 valence electrons. The van der Waals surface area contributed by atoms with Crippen molar-refractivity contribution < 1.29 is 9.53 Å². The van der Waals surface area contributed by atoms with E-state index in [0.717, 1.165) is 12.8 Å². The van der Waals surface area contributed by atoms with Crippen LogP contribution < -0.4 is 10.9 Å². The number of aromatic amines is 1. The Morgan fingerprint density at radius 2 is 2.42 bits per heavy atom. The fraction of sp³-hybridized carbons (Fsp3) is 0.583. The molecule has 19 heavy (non-hydrogen) atoms. The quantitative estimate of drug-likeness (QED) is 0.448. The zero-order valence-electron chi connectivity index (χ0n) is 10.9. The number of esters is 1. The number of H-pyrrole nitrogens is 1. The number of thioether (sulfide) groups is 1. The third kappa shape index (κ3) is 4.36. The van der Waals surface area contributed by atoms with Gasteiger partial charge in [-0.05, 0) is 19.8 Å². The van der Waals surface area contributed by atoms with Gasteiger partial charge in [0, 0.05) is 23.6 Å². The van der Waals surface area contributed by atoms with Gasteiger partial charge in [-0.1, -0.05) is 11.8 Å². The van der Waals surface area contributed by atoms with Crippen LogP contribution in [0, 0.1) is 6.92 Å². The van der Waals surface area contributed by atoms with Gasteiger partial charge in [0.1, 0.15) is 6.04 Å². The number of nitrogens with one attached hydrogen (secondary N) is 2. The molecular weight excluding hydrogens is 266 g/mol. The van der Waals surface area contributed by atoms with Gasteiger partial charge in [-0.3, -0.25) is 9.59 Å². The molecule has 0 saturated heterocycles. The maximum absolute atomic E-state index is 11.6. The van der Waals surface area contributed by atoms with Crippen LogP contribution in [0.4, 0.5) is 0 Å². The van der Waals surface area contributed by atoms with Gasteiger partial charge in [0.05, 0.1) is 7.11 Å². The summed E-state index contributed by atoms with van der Waals surface area (Å²) in [6.45, 7) is 1.76. The highest BCUT2D eigenvalue weighted by Gasteiger charge is 2.29. The largest absolute Gasteiger partial charge is 0.468 e. The number of carbonyl (C=O) groups excluding carboxylic acids is 1. The van der Waals surface area contributed by atoms with E-state index in [-0.39, 0.29) is 17.6 Å². The summed E-state index contributed by atoms with van der Waals surface area (Å²) < 4.78 is 4.77. The molecule has 0 bridgehead atoms. The molecule has 0 radical (unpaired) electrons. The summed E-state index contributed by atoms with van der Waals surface area (Å²) >= 11 is 1.34. The second-order valence-corrected chi connectivity index (χ2v) is 5.53. The first-order chi connectivity index (χ1) is 9.08. The normalized spacial score (nSPS) is 16.1. The average Bonchev–Trinajstić information content (AvgIpc) is 3.16. The topological polar surface area (TPSA) is 84.1 Å². The van der Waals surface area contributed by atoms with Crippen LogP contribution in [0.3, 0.4) is 0 Å². The van der Waals surface area contributed by atoms with Crippen molar-refractivity contribution in [1.82, 2.24) is 15.3 Å². The van der Waals surface area contributed by atoms with Gasteiger partial charge in [-0.2, -0.15) is 0 Å². The number of hydrogen-bond acceptors (Lipinski definition) is 6. The lowest BCUT2D eigenvalue weighted by molar-refractivity contribution is -0.142. The zero-order valence-corrected chi connectivity index (χ0v) is 11.8. The average molecular weight is 283 g/mol. The number of nitrogens with zero attached hydrogens (tertiary/aromatic N) is 1. The smallest absolute Gasteiger partial charge is 0.323 e. The van der Waals surface area contributed by atoms with E-state index in [1.54, 1.807) is 6.92 Å². The Bertz CT molecular complexity index is 513. The molecule has 2 rings (SSSR count). The summed E-state index contributed by atoms with van der Waals surface area (Å²) in [5.41, 5.74) is 0.482. The number of aryl methyl sites for hydroxylation is 1. The van der Waals surface area contributed by atoms with E-state index >= 15 is 0 Å². The Hall–Kier alpha value is -1.34. The van der Waals surface area contributed by atoms with Crippen molar-refractivity contribution in [3.8, 4) is 0 Å². The molecule has 1 aromatic heterocycles. The van der Waals surface area contributed by atoms with Crippen molar-refractivity contribution in [2.45, 2.75) is 37.0 Å². The van der Waals surface area contributed by atoms with Crippen molar-refractivity contribution in [3.05, 3.63) is 22.1 Å². The van der Waals surface area contributed by atoms with Crippen LogP contribution in [0.5, 0.6) is 0 Å². The summed E-state index contributed by atoms with van der Waals surface area (Å²) in [4.78, 5) is 29.8.